The summed E-state index contributed by atoms with van der Waals surface area (Å²) in [5.74, 6) is 1.64. The lowest BCUT2D eigenvalue weighted by Gasteiger charge is -2.14. The first-order valence-corrected chi connectivity index (χ1v) is 8.33. The minimum absolute atomic E-state index is 0.164. The molecule has 0 unspecified atom stereocenters. The standard InChI is InChI=1S/C16H16N4O4S2/c1-22-12-6-10-11(7-13(12)23-2)18-16(26)20(14(10)21)19-15(25)17-8-9-4-3-5-24-9/h3-7H,8H2,1-2H3,(H,18,26)(H2,17,19,25). The van der Waals surface area contributed by atoms with Crippen molar-refractivity contribution in [3.8, 4) is 11.5 Å². The summed E-state index contributed by atoms with van der Waals surface area (Å²) in [5, 5.41) is 3.54. The Morgan fingerprint density at radius 1 is 1.31 bits per heavy atom. The van der Waals surface area contributed by atoms with Crippen LogP contribution in [0.1, 0.15) is 5.76 Å². The highest BCUT2D eigenvalue weighted by atomic mass is 32.1. The number of fused-ring (bicyclic) bond motifs is 1. The number of H-pyrrole nitrogens is 1. The van der Waals surface area contributed by atoms with Crippen molar-refractivity contribution in [2.45, 2.75) is 6.54 Å². The van der Waals surface area contributed by atoms with Crippen LogP contribution in [0.15, 0.2) is 39.7 Å². The van der Waals surface area contributed by atoms with Gasteiger partial charge in [-0.1, -0.05) is 0 Å². The number of furan rings is 1. The first-order valence-electron chi connectivity index (χ1n) is 7.51. The summed E-state index contributed by atoms with van der Waals surface area (Å²) in [5.41, 5.74) is 2.94. The van der Waals surface area contributed by atoms with Gasteiger partial charge in [0.05, 0.1) is 37.9 Å². The number of hydrogen-bond acceptors (Lipinski definition) is 6. The molecule has 3 aromatic rings. The van der Waals surface area contributed by atoms with Crippen molar-refractivity contribution in [3.05, 3.63) is 51.4 Å². The molecule has 0 spiro atoms. The molecular weight excluding hydrogens is 376 g/mol. The predicted octanol–water partition coefficient (Wildman–Crippen LogP) is 2.29. The van der Waals surface area contributed by atoms with E-state index < -0.39 is 0 Å². The second-order valence-corrected chi connectivity index (χ2v) is 5.99. The fraction of sp³-hybridized carbons (Fsp3) is 0.188. The summed E-state index contributed by atoms with van der Waals surface area (Å²) in [6, 6.07) is 6.82. The van der Waals surface area contributed by atoms with E-state index in [9.17, 15) is 4.79 Å². The molecule has 0 aliphatic carbocycles. The van der Waals surface area contributed by atoms with Gasteiger partial charge in [0.15, 0.2) is 21.4 Å². The topological polar surface area (TPSA) is 93.5 Å². The Hall–Kier alpha value is -2.85. The van der Waals surface area contributed by atoms with Crippen LogP contribution >= 0.6 is 24.4 Å². The molecule has 2 heterocycles. The fourth-order valence-corrected chi connectivity index (χ4v) is 2.77. The number of benzene rings is 1. The van der Waals surface area contributed by atoms with Gasteiger partial charge in [-0.2, -0.15) is 4.68 Å². The zero-order valence-corrected chi connectivity index (χ0v) is 15.6. The Kier molecular flexibility index (Phi) is 5.24. The third-order valence-corrected chi connectivity index (χ3v) is 4.14. The number of aromatic amines is 1. The summed E-state index contributed by atoms with van der Waals surface area (Å²) in [7, 11) is 3.02. The maximum Gasteiger partial charge on any atom is 0.281 e. The van der Waals surface area contributed by atoms with E-state index in [4.69, 9.17) is 38.3 Å². The van der Waals surface area contributed by atoms with Gasteiger partial charge in [0.2, 0.25) is 0 Å². The summed E-state index contributed by atoms with van der Waals surface area (Å²) in [4.78, 5) is 15.8. The van der Waals surface area contributed by atoms with Crippen LogP contribution in [0, 0.1) is 4.77 Å². The lowest BCUT2D eigenvalue weighted by molar-refractivity contribution is 0.355. The Morgan fingerprint density at radius 2 is 2.04 bits per heavy atom. The Morgan fingerprint density at radius 3 is 2.69 bits per heavy atom. The maximum absolute atomic E-state index is 12.8. The minimum atomic E-state index is -0.369. The van der Waals surface area contributed by atoms with Crippen LogP contribution in [0.3, 0.4) is 0 Å². The van der Waals surface area contributed by atoms with E-state index in [1.807, 2.05) is 6.07 Å². The van der Waals surface area contributed by atoms with E-state index in [1.165, 1.54) is 14.2 Å². The molecule has 8 nitrogen and oxygen atoms in total. The van der Waals surface area contributed by atoms with Crippen molar-refractivity contribution in [1.29, 1.82) is 0 Å². The largest absolute Gasteiger partial charge is 0.493 e. The van der Waals surface area contributed by atoms with Crippen molar-refractivity contribution >= 4 is 40.5 Å². The normalized spacial score (nSPS) is 10.5. The molecule has 0 atom stereocenters. The predicted molar refractivity (Wildman–Crippen MR) is 104 cm³/mol. The second kappa shape index (κ2) is 7.58. The quantitative estimate of drug-likeness (QED) is 0.570. The number of aromatic nitrogens is 2. The number of nitrogens with zero attached hydrogens (tertiary/aromatic N) is 1. The number of methoxy groups -OCH3 is 2. The van der Waals surface area contributed by atoms with E-state index in [1.54, 1.807) is 24.5 Å². The smallest absolute Gasteiger partial charge is 0.281 e. The molecule has 10 heteroatoms. The molecule has 0 radical (unpaired) electrons. The van der Waals surface area contributed by atoms with E-state index >= 15 is 0 Å². The van der Waals surface area contributed by atoms with E-state index in [2.05, 4.69) is 15.7 Å². The SMILES string of the molecule is COc1cc2[nH]c(=S)n(NC(=S)NCc3ccco3)c(=O)c2cc1OC. The molecule has 0 aliphatic heterocycles. The average molecular weight is 392 g/mol. The van der Waals surface area contributed by atoms with E-state index in [0.29, 0.717) is 34.7 Å². The number of hydrogen-bond donors (Lipinski definition) is 3. The Labute approximate surface area is 158 Å². The average Bonchev–Trinajstić information content (AvgIpc) is 3.16. The van der Waals surface area contributed by atoms with E-state index in [-0.39, 0.29) is 15.4 Å². The summed E-state index contributed by atoms with van der Waals surface area (Å²) < 4.78 is 17.0. The summed E-state index contributed by atoms with van der Waals surface area (Å²) >= 11 is 10.5. The van der Waals surface area contributed by atoms with Crippen molar-refractivity contribution in [3.63, 3.8) is 0 Å². The van der Waals surface area contributed by atoms with Crippen LogP contribution in [-0.4, -0.2) is 29.0 Å². The first kappa shape index (κ1) is 18.0. The first-order chi connectivity index (χ1) is 12.5. The molecule has 0 saturated heterocycles. The summed E-state index contributed by atoms with van der Waals surface area (Å²) in [6.45, 7) is 0.378. The monoisotopic (exact) mass is 392 g/mol. The number of nitrogens with one attached hydrogen (secondary N) is 3. The zero-order valence-electron chi connectivity index (χ0n) is 14.0. The van der Waals surface area contributed by atoms with Crippen molar-refractivity contribution in [2.24, 2.45) is 0 Å². The van der Waals surface area contributed by atoms with Crippen LogP contribution < -0.4 is 25.8 Å². The number of rotatable bonds is 5. The number of ether oxygens (including phenoxy) is 2. The maximum atomic E-state index is 12.8. The van der Waals surface area contributed by atoms with Gasteiger partial charge in [0.25, 0.3) is 5.56 Å². The van der Waals surface area contributed by atoms with Gasteiger partial charge in [0, 0.05) is 6.07 Å². The van der Waals surface area contributed by atoms with Gasteiger partial charge in [-0.25, -0.2) is 0 Å². The highest BCUT2D eigenvalue weighted by Crippen LogP contribution is 2.29. The Balaban J connectivity index is 1.92. The van der Waals surface area contributed by atoms with Gasteiger partial charge < -0.3 is 24.2 Å². The number of thiocarbonyl (C=S) groups is 1. The van der Waals surface area contributed by atoms with Crippen molar-refractivity contribution in [1.82, 2.24) is 15.0 Å². The Bertz CT molecular complexity index is 1060. The molecule has 1 aromatic carbocycles. The zero-order chi connectivity index (χ0) is 18.7. The fourth-order valence-electron chi connectivity index (χ4n) is 2.37. The lowest BCUT2D eigenvalue weighted by atomic mass is 10.2. The van der Waals surface area contributed by atoms with Crippen LogP contribution in [0.25, 0.3) is 10.9 Å². The minimum Gasteiger partial charge on any atom is -0.493 e. The molecular formula is C16H16N4O4S2. The summed E-state index contributed by atoms with van der Waals surface area (Å²) in [6.07, 6.45) is 1.57. The molecule has 3 N–H and O–H groups in total. The van der Waals surface area contributed by atoms with Gasteiger partial charge in [-0.05, 0) is 42.6 Å². The third kappa shape index (κ3) is 3.55. The molecule has 0 saturated carbocycles. The van der Waals surface area contributed by atoms with Crippen molar-refractivity contribution < 1.29 is 13.9 Å². The van der Waals surface area contributed by atoms with Crippen LogP contribution in [-0.2, 0) is 6.54 Å². The van der Waals surface area contributed by atoms with Crippen molar-refractivity contribution in [2.75, 3.05) is 19.6 Å². The third-order valence-electron chi connectivity index (χ3n) is 3.62. The van der Waals surface area contributed by atoms with Crippen LogP contribution in [0.2, 0.25) is 0 Å². The second-order valence-electron chi connectivity index (χ2n) is 5.20. The molecule has 26 heavy (non-hydrogen) atoms. The van der Waals surface area contributed by atoms with Gasteiger partial charge in [0.1, 0.15) is 5.76 Å². The van der Waals surface area contributed by atoms with E-state index in [0.717, 1.165) is 4.68 Å². The molecule has 0 fully saturated rings. The molecule has 0 amide bonds. The van der Waals surface area contributed by atoms with Crippen LogP contribution in [0.5, 0.6) is 11.5 Å². The lowest BCUT2D eigenvalue weighted by Crippen LogP contribution is -2.39. The van der Waals surface area contributed by atoms with Gasteiger partial charge in [-0.15, -0.1) is 0 Å². The van der Waals surface area contributed by atoms with Crippen LogP contribution in [0.4, 0.5) is 0 Å². The highest BCUT2D eigenvalue weighted by molar-refractivity contribution is 7.80. The molecule has 136 valence electrons. The van der Waals surface area contributed by atoms with Gasteiger partial charge in [-0.3, -0.25) is 10.2 Å². The molecule has 3 rings (SSSR count). The van der Waals surface area contributed by atoms with Gasteiger partial charge >= 0.3 is 0 Å². The molecule has 2 aromatic heterocycles. The molecule has 0 aliphatic rings. The highest BCUT2D eigenvalue weighted by Gasteiger charge is 2.12. The molecule has 0 bridgehead atoms.